The lowest BCUT2D eigenvalue weighted by Gasteiger charge is -2.45. The molecule has 1 aromatic carbocycles. The van der Waals surface area contributed by atoms with Gasteiger partial charge in [0.05, 0.1) is 7.11 Å². The molecule has 110 valence electrons. The van der Waals surface area contributed by atoms with E-state index < -0.39 is 0 Å². The topological polar surface area (TPSA) is 44.7 Å². The minimum atomic E-state index is 0.186. The molecule has 2 bridgehead atoms. The number of fused-ring (bicyclic) bond motifs is 3. The van der Waals surface area contributed by atoms with Crippen molar-refractivity contribution < 1.29 is 9.84 Å². The Balaban J connectivity index is 1.68. The van der Waals surface area contributed by atoms with Crippen LogP contribution in [0, 0.1) is 5.92 Å². The number of methoxy groups -OCH3 is 1. The number of ether oxygens (including phenoxy) is 1. The molecule has 0 saturated carbocycles. The quantitative estimate of drug-likeness (QED) is 0.894. The van der Waals surface area contributed by atoms with Crippen LogP contribution >= 0.6 is 11.6 Å². The van der Waals surface area contributed by atoms with Crippen LogP contribution in [0.25, 0.3) is 0 Å². The summed E-state index contributed by atoms with van der Waals surface area (Å²) in [7, 11) is 1.54. The molecule has 0 aliphatic carbocycles. The Labute approximate surface area is 124 Å². The van der Waals surface area contributed by atoms with Gasteiger partial charge in [-0.2, -0.15) is 0 Å². The Morgan fingerprint density at radius 1 is 1.40 bits per heavy atom. The van der Waals surface area contributed by atoms with Crippen LogP contribution in [-0.2, 0) is 6.54 Å². The Morgan fingerprint density at radius 3 is 2.75 bits per heavy atom. The summed E-state index contributed by atoms with van der Waals surface area (Å²) < 4.78 is 5.14. The molecule has 0 radical (unpaired) electrons. The molecule has 3 fully saturated rings. The monoisotopic (exact) mass is 296 g/mol. The number of rotatable bonds is 4. The van der Waals surface area contributed by atoms with Gasteiger partial charge in [-0.05, 0) is 37.9 Å². The highest BCUT2D eigenvalue weighted by molar-refractivity contribution is 6.30. The van der Waals surface area contributed by atoms with Crippen molar-refractivity contribution in [2.75, 3.05) is 26.7 Å². The molecule has 3 aliphatic rings. The number of benzene rings is 1. The number of phenols is 1. The molecule has 4 rings (SSSR count). The van der Waals surface area contributed by atoms with Gasteiger partial charge in [-0.1, -0.05) is 11.6 Å². The van der Waals surface area contributed by atoms with Gasteiger partial charge in [0, 0.05) is 35.8 Å². The first-order valence-corrected chi connectivity index (χ1v) is 7.56. The molecule has 3 aliphatic heterocycles. The van der Waals surface area contributed by atoms with E-state index in [4.69, 9.17) is 16.3 Å². The lowest BCUT2D eigenvalue weighted by molar-refractivity contribution is 0.0719. The summed E-state index contributed by atoms with van der Waals surface area (Å²) in [5.74, 6) is 1.39. The van der Waals surface area contributed by atoms with E-state index in [0.717, 1.165) is 18.0 Å². The molecule has 4 nitrogen and oxygen atoms in total. The Morgan fingerprint density at radius 2 is 2.15 bits per heavy atom. The fraction of sp³-hybridized carbons (Fsp3) is 0.600. The third-order valence-electron chi connectivity index (χ3n) is 4.55. The van der Waals surface area contributed by atoms with Crippen molar-refractivity contribution in [1.29, 1.82) is 0 Å². The highest BCUT2D eigenvalue weighted by atomic mass is 35.5. The van der Waals surface area contributed by atoms with E-state index in [2.05, 4.69) is 10.2 Å². The van der Waals surface area contributed by atoms with Gasteiger partial charge in [-0.25, -0.2) is 0 Å². The average Bonchev–Trinajstić information content (AvgIpc) is 2.49. The minimum absolute atomic E-state index is 0.186. The normalized spacial score (nSPS) is 28.6. The zero-order valence-corrected chi connectivity index (χ0v) is 12.5. The Kier molecular flexibility index (Phi) is 4.06. The molecule has 20 heavy (non-hydrogen) atoms. The highest BCUT2D eigenvalue weighted by Gasteiger charge is 2.33. The molecule has 0 spiro atoms. The number of hydrogen-bond donors (Lipinski definition) is 2. The van der Waals surface area contributed by atoms with Crippen molar-refractivity contribution in [1.82, 2.24) is 10.2 Å². The number of piperidine rings is 3. The molecule has 1 atom stereocenters. The first-order valence-electron chi connectivity index (χ1n) is 7.18. The summed E-state index contributed by atoms with van der Waals surface area (Å²) in [6.45, 7) is 4.21. The van der Waals surface area contributed by atoms with E-state index in [0.29, 0.717) is 23.4 Å². The molecule has 0 amide bonds. The summed E-state index contributed by atoms with van der Waals surface area (Å²) in [4.78, 5) is 2.51. The van der Waals surface area contributed by atoms with Crippen LogP contribution in [0.5, 0.6) is 11.5 Å². The van der Waals surface area contributed by atoms with Gasteiger partial charge >= 0.3 is 0 Å². The predicted octanol–water partition coefficient (Wildman–Crippen LogP) is 2.24. The van der Waals surface area contributed by atoms with Crippen molar-refractivity contribution in [2.24, 2.45) is 5.92 Å². The molecular formula is C15H21ClN2O2. The maximum Gasteiger partial charge on any atom is 0.162 e. The van der Waals surface area contributed by atoms with Crippen LogP contribution in [-0.4, -0.2) is 42.8 Å². The molecular weight excluding hydrogens is 276 g/mol. The fourth-order valence-corrected chi connectivity index (χ4v) is 3.59. The molecule has 3 saturated heterocycles. The van der Waals surface area contributed by atoms with Gasteiger partial charge < -0.3 is 20.1 Å². The Bertz CT molecular complexity index is 487. The first-order chi connectivity index (χ1) is 9.67. The third kappa shape index (κ3) is 2.73. The number of nitrogens with zero attached hydrogens (tertiary/aromatic N) is 1. The smallest absolute Gasteiger partial charge is 0.162 e. The maximum absolute atomic E-state index is 10.1. The molecule has 2 N–H and O–H groups in total. The van der Waals surface area contributed by atoms with Gasteiger partial charge in [0.25, 0.3) is 0 Å². The van der Waals surface area contributed by atoms with Crippen molar-refractivity contribution >= 4 is 11.6 Å². The molecule has 1 aromatic rings. The molecule has 0 aromatic heterocycles. The second kappa shape index (κ2) is 5.80. The van der Waals surface area contributed by atoms with E-state index in [1.807, 2.05) is 0 Å². The van der Waals surface area contributed by atoms with E-state index in [1.54, 1.807) is 12.1 Å². The van der Waals surface area contributed by atoms with Crippen molar-refractivity contribution in [2.45, 2.75) is 25.4 Å². The number of phenolic OH excluding ortho intramolecular Hbond substituents is 1. The molecule has 3 heterocycles. The number of halogens is 1. The second-order valence-corrected chi connectivity index (χ2v) is 6.18. The van der Waals surface area contributed by atoms with Crippen LogP contribution < -0.4 is 10.1 Å². The summed E-state index contributed by atoms with van der Waals surface area (Å²) in [6, 6.07) is 3.95. The number of aromatic hydroxyl groups is 1. The van der Waals surface area contributed by atoms with E-state index in [1.165, 1.54) is 33.0 Å². The summed E-state index contributed by atoms with van der Waals surface area (Å²) >= 11 is 6.06. The minimum Gasteiger partial charge on any atom is -0.504 e. The zero-order valence-electron chi connectivity index (χ0n) is 11.7. The van der Waals surface area contributed by atoms with Crippen LogP contribution in [0.3, 0.4) is 0 Å². The number of nitrogens with one attached hydrogen (secondary N) is 1. The van der Waals surface area contributed by atoms with Crippen molar-refractivity contribution in [3.05, 3.63) is 22.7 Å². The second-order valence-electron chi connectivity index (χ2n) is 5.74. The van der Waals surface area contributed by atoms with E-state index in [9.17, 15) is 5.11 Å². The third-order valence-corrected chi connectivity index (χ3v) is 4.77. The van der Waals surface area contributed by atoms with Crippen LogP contribution in [0.1, 0.15) is 18.4 Å². The van der Waals surface area contributed by atoms with Gasteiger partial charge in [-0.3, -0.25) is 0 Å². The number of hydrogen-bond acceptors (Lipinski definition) is 4. The van der Waals surface area contributed by atoms with Gasteiger partial charge in [0.15, 0.2) is 11.5 Å². The van der Waals surface area contributed by atoms with Gasteiger partial charge in [0.1, 0.15) is 0 Å². The first kappa shape index (κ1) is 14.0. The molecule has 1 unspecified atom stereocenters. The fourth-order valence-electron chi connectivity index (χ4n) is 3.36. The lowest BCUT2D eigenvalue weighted by Crippen LogP contribution is -2.55. The summed E-state index contributed by atoms with van der Waals surface area (Å²) in [5.41, 5.74) is 0.797. The van der Waals surface area contributed by atoms with E-state index in [-0.39, 0.29) is 5.75 Å². The maximum atomic E-state index is 10.1. The van der Waals surface area contributed by atoms with Crippen LogP contribution in [0.4, 0.5) is 0 Å². The van der Waals surface area contributed by atoms with Gasteiger partial charge in [0.2, 0.25) is 0 Å². The SMILES string of the molecule is COc1cc(Cl)cc(CNC2CN3CCC2CC3)c1O. The highest BCUT2D eigenvalue weighted by Crippen LogP contribution is 2.34. The molecule has 5 heteroatoms. The summed E-state index contributed by atoms with van der Waals surface area (Å²) in [6.07, 6.45) is 2.56. The van der Waals surface area contributed by atoms with Gasteiger partial charge in [-0.15, -0.1) is 0 Å². The average molecular weight is 297 g/mol. The largest absolute Gasteiger partial charge is 0.504 e. The van der Waals surface area contributed by atoms with Crippen molar-refractivity contribution in [3.63, 3.8) is 0 Å². The van der Waals surface area contributed by atoms with E-state index >= 15 is 0 Å². The predicted molar refractivity (Wildman–Crippen MR) is 79.5 cm³/mol. The standard InChI is InChI=1S/C15H21ClN2O2/c1-20-14-7-12(16)6-11(15(14)19)8-17-13-9-18-4-2-10(13)3-5-18/h6-7,10,13,17,19H,2-5,8-9H2,1H3. The van der Waals surface area contributed by atoms with Crippen LogP contribution in [0.15, 0.2) is 12.1 Å². The van der Waals surface area contributed by atoms with Crippen molar-refractivity contribution in [3.8, 4) is 11.5 Å². The Hall–Kier alpha value is -0.970. The summed E-state index contributed by atoms with van der Waals surface area (Å²) in [5, 5.41) is 14.3. The lowest BCUT2D eigenvalue weighted by atomic mass is 9.84. The zero-order chi connectivity index (χ0) is 14.1. The van der Waals surface area contributed by atoms with Crippen LogP contribution in [0.2, 0.25) is 5.02 Å².